The van der Waals surface area contributed by atoms with Gasteiger partial charge in [0.25, 0.3) is 0 Å². The van der Waals surface area contributed by atoms with Gasteiger partial charge in [0.15, 0.2) is 0 Å². The number of hydrogen-bond donors (Lipinski definition) is 2. The van der Waals surface area contributed by atoms with Gasteiger partial charge in [-0.1, -0.05) is 0 Å². The zero-order valence-electron chi connectivity index (χ0n) is 8.95. The highest BCUT2D eigenvalue weighted by molar-refractivity contribution is 5.44. The Balaban J connectivity index is 2.11. The third-order valence-corrected chi connectivity index (χ3v) is 2.89. The molecular weight excluding hydrogens is 211 g/mol. The molecule has 1 aliphatic rings. The van der Waals surface area contributed by atoms with Crippen LogP contribution in [0.4, 0.5) is 10.1 Å². The van der Waals surface area contributed by atoms with Crippen LogP contribution in [0.15, 0.2) is 18.3 Å². The van der Waals surface area contributed by atoms with E-state index in [1.165, 1.54) is 12.3 Å². The first kappa shape index (κ1) is 11.3. The van der Waals surface area contributed by atoms with Crippen molar-refractivity contribution < 1.29 is 14.2 Å². The van der Waals surface area contributed by atoms with Crippen LogP contribution in [0.25, 0.3) is 0 Å². The average molecular weight is 226 g/mol. The van der Waals surface area contributed by atoms with Crippen LogP contribution in [0.5, 0.6) is 0 Å². The van der Waals surface area contributed by atoms with Crippen LogP contribution in [-0.4, -0.2) is 35.5 Å². The molecule has 0 saturated carbocycles. The van der Waals surface area contributed by atoms with Crippen molar-refractivity contribution in [3.05, 3.63) is 24.3 Å². The van der Waals surface area contributed by atoms with Gasteiger partial charge in [0, 0.05) is 31.2 Å². The molecular formula is C11H15FN2O2. The van der Waals surface area contributed by atoms with Crippen molar-refractivity contribution in [1.82, 2.24) is 4.98 Å². The summed E-state index contributed by atoms with van der Waals surface area (Å²) < 4.78 is 18.2. The molecule has 0 aliphatic carbocycles. The molecule has 2 heterocycles. The zero-order valence-corrected chi connectivity index (χ0v) is 8.95. The van der Waals surface area contributed by atoms with Gasteiger partial charge in [0.1, 0.15) is 0 Å². The molecule has 4 nitrogen and oxygen atoms in total. The summed E-state index contributed by atoms with van der Waals surface area (Å²) in [5.41, 5.74) is 0.245. The minimum absolute atomic E-state index is 0.0142. The van der Waals surface area contributed by atoms with Crippen molar-refractivity contribution in [2.24, 2.45) is 0 Å². The summed E-state index contributed by atoms with van der Waals surface area (Å²) in [5, 5.41) is 12.6. The maximum atomic E-state index is 12.9. The number of pyridine rings is 1. The topological polar surface area (TPSA) is 54.4 Å². The molecule has 1 aliphatic heterocycles. The van der Waals surface area contributed by atoms with Crippen LogP contribution in [0.2, 0.25) is 0 Å². The Morgan fingerprint density at radius 3 is 2.88 bits per heavy atom. The van der Waals surface area contributed by atoms with Gasteiger partial charge < -0.3 is 15.2 Å². The van der Waals surface area contributed by atoms with Gasteiger partial charge in [-0.15, -0.1) is 0 Å². The third-order valence-electron chi connectivity index (χ3n) is 2.89. The number of nitrogens with zero attached hydrogens (tertiary/aromatic N) is 1. The predicted octanol–water partition coefficient (Wildman–Crippen LogP) is 1.17. The summed E-state index contributed by atoms with van der Waals surface area (Å²) in [5.74, 6) is -0.523. The molecule has 1 fully saturated rings. The van der Waals surface area contributed by atoms with Gasteiger partial charge in [-0.3, -0.25) is 0 Å². The van der Waals surface area contributed by atoms with E-state index in [9.17, 15) is 9.50 Å². The summed E-state index contributed by atoms with van der Waals surface area (Å²) in [6.45, 7) is 1.24. The lowest BCUT2D eigenvalue weighted by Gasteiger charge is -2.37. The van der Waals surface area contributed by atoms with E-state index < -0.39 is 11.5 Å². The third kappa shape index (κ3) is 2.48. The Bertz CT molecular complexity index is 354. The van der Waals surface area contributed by atoms with Crippen LogP contribution >= 0.6 is 0 Å². The normalized spacial score (nSPS) is 19.4. The molecule has 0 aromatic carbocycles. The minimum atomic E-state index is -0.523. The largest absolute Gasteiger partial charge is 0.394 e. The molecule has 0 atom stereocenters. The molecule has 2 N–H and O–H groups in total. The monoisotopic (exact) mass is 226 g/mol. The molecule has 1 saturated heterocycles. The van der Waals surface area contributed by atoms with Crippen LogP contribution in [-0.2, 0) is 4.74 Å². The summed E-state index contributed by atoms with van der Waals surface area (Å²) >= 11 is 0. The first-order valence-corrected chi connectivity index (χ1v) is 5.32. The number of aliphatic hydroxyl groups is 1. The highest BCUT2D eigenvalue weighted by Crippen LogP contribution is 2.25. The molecule has 0 unspecified atom stereocenters. The second-order valence-corrected chi connectivity index (χ2v) is 4.04. The smallest absolute Gasteiger partial charge is 0.214 e. The number of ether oxygens (including phenoxy) is 1. The zero-order chi connectivity index (χ0) is 11.4. The SMILES string of the molecule is OCC1(Nc2ccnc(F)c2)CCOCC1. The van der Waals surface area contributed by atoms with Gasteiger partial charge in [0.05, 0.1) is 12.1 Å². The molecule has 16 heavy (non-hydrogen) atoms. The van der Waals surface area contributed by atoms with Gasteiger partial charge >= 0.3 is 0 Å². The summed E-state index contributed by atoms with van der Waals surface area (Å²) in [6.07, 6.45) is 2.84. The molecule has 0 bridgehead atoms. The maximum Gasteiger partial charge on any atom is 0.214 e. The van der Waals surface area contributed by atoms with Crippen molar-refractivity contribution in [3.63, 3.8) is 0 Å². The van der Waals surface area contributed by atoms with Gasteiger partial charge in [-0.2, -0.15) is 4.39 Å². The van der Waals surface area contributed by atoms with Crippen molar-refractivity contribution in [3.8, 4) is 0 Å². The van der Waals surface area contributed by atoms with E-state index >= 15 is 0 Å². The second kappa shape index (κ2) is 4.76. The standard InChI is InChI=1S/C11H15FN2O2/c12-10-7-9(1-4-13-10)14-11(8-15)2-5-16-6-3-11/h1,4,7,15H,2-3,5-6,8H2,(H,13,14). The van der Waals surface area contributed by atoms with Crippen molar-refractivity contribution >= 4 is 5.69 Å². The van der Waals surface area contributed by atoms with Crippen LogP contribution < -0.4 is 5.32 Å². The number of nitrogens with one attached hydrogen (secondary N) is 1. The highest BCUT2D eigenvalue weighted by atomic mass is 19.1. The van der Waals surface area contributed by atoms with E-state index in [0.29, 0.717) is 31.7 Å². The molecule has 1 aromatic rings. The lowest BCUT2D eigenvalue weighted by Crippen LogP contribution is -2.46. The van der Waals surface area contributed by atoms with E-state index in [2.05, 4.69) is 10.3 Å². The summed E-state index contributed by atoms with van der Waals surface area (Å²) in [6, 6.07) is 3.02. The Hall–Kier alpha value is -1.20. The van der Waals surface area contributed by atoms with Crippen molar-refractivity contribution in [1.29, 1.82) is 0 Å². The predicted molar refractivity (Wildman–Crippen MR) is 57.7 cm³/mol. The van der Waals surface area contributed by atoms with Crippen LogP contribution in [0.1, 0.15) is 12.8 Å². The Morgan fingerprint density at radius 2 is 2.25 bits per heavy atom. The molecule has 1 aromatic heterocycles. The molecule has 0 radical (unpaired) electrons. The number of hydrogen-bond acceptors (Lipinski definition) is 4. The lowest BCUT2D eigenvalue weighted by molar-refractivity contribution is 0.0380. The molecule has 5 heteroatoms. The Morgan fingerprint density at radius 1 is 1.50 bits per heavy atom. The minimum Gasteiger partial charge on any atom is -0.394 e. The fourth-order valence-electron chi connectivity index (χ4n) is 1.87. The lowest BCUT2D eigenvalue weighted by atomic mass is 9.91. The fraction of sp³-hybridized carbons (Fsp3) is 0.545. The van der Waals surface area contributed by atoms with Crippen LogP contribution in [0.3, 0.4) is 0 Å². The molecule has 0 spiro atoms. The number of aromatic nitrogens is 1. The van der Waals surface area contributed by atoms with Crippen molar-refractivity contribution in [2.75, 3.05) is 25.1 Å². The van der Waals surface area contributed by atoms with Gasteiger partial charge in [-0.05, 0) is 18.9 Å². The van der Waals surface area contributed by atoms with Crippen molar-refractivity contribution in [2.45, 2.75) is 18.4 Å². The number of halogens is 1. The Labute approximate surface area is 93.5 Å². The molecule has 88 valence electrons. The second-order valence-electron chi connectivity index (χ2n) is 4.04. The average Bonchev–Trinajstić information content (AvgIpc) is 2.30. The molecule has 2 rings (SSSR count). The van der Waals surface area contributed by atoms with Gasteiger partial charge in [0.2, 0.25) is 5.95 Å². The van der Waals surface area contributed by atoms with E-state index in [1.54, 1.807) is 6.07 Å². The quantitative estimate of drug-likeness (QED) is 0.760. The number of rotatable bonds is 3. The number of anilines is 1. The maximum absolute atomic E-state index is 12.9. The van der Waals surface area contributed by atoms with E-state index in [4.69, 9.17) is 4.74 Å². The summed E-state index contributed by atoms with van der Waals surface area (Å²) in [4.78, 5) is 3.49. The van der Waals surface area contributed by atoms with Gasteiger partial charge in [-0.25, -0.2) is 4.98 Å². The number of aliphatic hydroxyl groups excluding tert-OH is 1. The fourth-order valence-corrected chi connectivity index (χ4v) is 1.87. The van der Waals surface area contributed by atoms with E-state index in [1.807, 2.05) is 0 Å². The first-order valence-electron chi connectivity index (χ1n) is 5.32. The highest BCUT2D eigenvalue weighted by Gasteiger charge is 2.31. The van der Waals surface area contributed by atoms with Crippen LogP contribution in [0, 0.1) is 5.95 Å². The van der Waals surface area contributed by atoms with E-state index in [0.717, 1.165) is 0 Å². The van der Waals surface area contributed by atoms with E-state index in [-0.39, 0.29) is 6.61 Å². The molecule has 0 amide bonds. The first-order chi connectivity index (χ1) is 7.74. The Kier molecular flexibility index (Phi) is 3.36. The summed E-state index contributed by atoms with van der Waals surface area (Å²) in [7, 11) is 0.